The first-order chi connectivity index (χ1) is 7.58. The van der Waals surface area contributed by atoms with E-state index in [-0.39, 0.29) is 0 Å². The van der Waals surface area contributed by atoms with Crippen LogP contribution in [0.1, 0.15) is 33.6 Å². The maximum absolute atomic E-state index is 5.69. The molecule has 0 saturated carbocycles. The van der Waals surface area contributed by atoms with Crippen LogP contribution in [0.2, 0.25) is 0 Å². The van der Waals surface area contributed by atoms with Gasteiger partial charge < -0.3 is 15.8 Å². The molecule has 1 aromatic heterocycles. The lowest BCUT2D eigenvalue weighted by Crippen LogP contribution is -2.17. The van der Waals surface area contributed by atoms with Gasteiger partial charge in [-0.2, -0.15) is 4.37 Å². The van der Waals surface area contributed by atoms with Gasteiger partial charge in [-0.3, -0.25) is 0 Å². The monoisotopic (exact) mass is 243 g/mol. The van der Waals surface area contributed by atoms with Crippen molar-refractivity contribution in [3.63, 3.8) is 0 Å². The van der Waals surface area contributed by atoms with Crippen LogP contribution in [0.5, 0.6) is 5.75 Å². The van der Waals surface area contributed by atoms with Gasteiger partial charge in [0.05, 0.1) is 7.11 Å². The highest BCUT2D eigenvalue weighted by atomic mass is 32.1. The van der Waals surface area contributed by atoms with Crippen molar-refractivity contribution in [2.75, 3.05) is 18.2 Å². The number of anilines is 2. The molecule has 0 aliphatic rings. The Hall–Kier alpha value is -0.970. The third-order valence-electron chi connectivity index (χ3n) is 2.71. The van der Waals surface area contributed by atoms with E-state index < -0.39 is 0 Å². The second-order valence-corrected chi connectivity index (χ2v) is 5.00. The summed E-state index contributed by atoms with van der Waals surface area (Å²) in [7, 11) is 1.62. The first-order valence-electron chi connectivity index (χ1n) is 5.64. The average molecular weight is 243 g/mol. The first-order valence-corrected chi connectivity index (χ1v) is 6.41. The summed E-state index contributed by atoms with van der Waals surface area (Å²) in [6.07, 6.45) is 2.34. The quantitative estimate of drug-likeness (QED) is 0.806. The molecular weight excluding hydrogens is 222 g/mol. The van der Waals surface area contributed by atoms with Crippen LogP contribution in [0.4, 0.5) is 10.8 Å². The molecule has 2 unspecified atom stereocenters. The fourth-order valence-corrected chi connectivity index (χ4v) is 2.43. The van der Waals surface area contributed by atoms with Crippen molar-refractivity contribution in [2.24, 2.45) is 5.92 Å². The van der Waals surface area contributed by atoms with Crippen molar-refractivity contribution >= 4 is 22.4 Å². The van der Waals surface area contributed by atoms with E-state index >= 15 is 0 Å². The van der Waals surface area contributed by atoms with E-state index in [0.29, 0.717) is 17.6 Å². The highest BCUT2D eigenvalue weighted by molar-refractivity contribution is 7.11. The molecule has 0 aliphatic heterocycles. The summed E-state index contributed by atoms with van der Waals surface area (Å²) in [4.78, 5) is 0. The molecule has 5 heteroatoms. The second-order valence-electron chi connectivity index (χ2n) is 4.22. The van der Waals surface area contributed by atoms with Crippen molar-refractivity contribution in [3.8, 4) is 5.75 Å². The maximum atomic E-state index is 5.69. The Labute approximate surface area is 101 Å². The summed E-state index contributed by atoms with van der Waals surface area (Å²) in [6, 6.07) is 0.406. The molecule has 2 atom stereocenters. The largest absolute Gasteiger partial charge is 0.490 e. The van der Waals surface area contributed by atoms with E-state index in [4.69, 9.17) is 10.5 Å². The molecule has 1 rings (SSSR count). The Kier molecular flexibility index (Phi) is 4.86. The lowest BCUT2D eigenvalue weighted by Gasteiger charge is -2.17. The molecule has 0 bridgehead atoms. The van der Waals surface area contributed by atoms with Gasteiger partial charge in [-0.25, -0.2) is 0 Å². The highest BCUT2D eigenvalue weighted by Gasteiger charge is 2.15. The minimum Gasteiger partial charge on any atom is -0.490 e. The van der Waals surface area contributed by atoms with Crippen LogP contribution in [0.25, 0.3) is 0 Å². The molecule has 0 aliphatic carbocycles. The van der Waals surface area contributed by atoms with Crippen LogP contribution in [-0.4, -0.2) is 17.5 Å². The molecule has 92 valence electrons. The molecule has 0 fully saturated rings. The van der Waals surface area contributed by atoms with E-state index in [1.54, 1.807) is 7.11 Å². The van der Waals surface area contributed by atoms with Crippen LogP contribution >= 0.6 is 11.5 Å². The maximum Gasteiger partial charge on any atom is 0.197 e. The molecule has 0 saturated heterocycles. The van der Waals surface area contributed by atoms with Gasteiger partial charge in [0.25, 0.3) is 0 Å². The second kappa shape index (κ2) is 5.94. The fourth-order valence-electron chi connectivity index (χ4n) is 1.64. The van der Waals surface area contributed by atoms with Crippen LogP contribution in [0.15, 0.2) is 0 Å². The normalized spacial score (nSPS) is 14.5. The molecule has 0 amide bonds. The summed E-state index contributed by atoms with van der Waals surface area (Å²) < 4.78 is 9.28. The van der Waals surface area contributed by atoms with Crippen molar-refractivity contribution in [2.45, 2.75) is 39.7 Å². The first kappa shape index (κ1) is 13.1. The molecule has 1 aromatic rings. The lowest BCUT2D eigenvalue weighted by atomic mass is 10.0. The number of nitrogens with zero attached hydrogens (tertiary/aromatic N) is 1. The number of hydrogen-bond acceptors (Lipinski definition) is 5. The van der Waals surface area contributed by atoms with Crippen LogP contribution in [0.3, 0.4) is 0 Å². The van der Waals surface area contributed by atoms with Gasteiger partial charge in [-0.1, -0.05) is 20.3 Å². The predicted molar refractivity (Wildman–Crippen MR) is 70.2 cm³/mol. The summed E-state index contributed by atoms with van der Waals surface area (Å²) in [5.74, 6) is 1.85. The number of nitrogens with two attached hydrogens (primary N) is 1. The fraction of sp³-hybridized carbons (Fsp3) is 0.727. The van der Waals surface area contributed by atoms with E-state index in [9.17, 15) is 0 Å². The van der Waals surface area contributed by atoms with Crippen LogP contribution in [0, 0.1) is 5.92 Å². The third kappa shape index (κ3) is 3.27. The van der Waals surface area contributed by atoms with Gasteiger partial charge in [0, 0.05) is 6.04 Å². The van der Waals surface area contributed by atoms with Crippen LogP contribution in [-0.2, 0) is 0 Å². The Balaban J connectivity index is 2.58. The lowest BCUT2D eigenvalue weighted by molar-refractivity contribution is 0.418. The SMILES string of the molecule is CCC(C)CC(C)Nc1snc(N)c1OC. The van der Waals surface area contributed by atoms with Gasteiger partial charge in [0.15, 0.2) is 16.6 Å². The Morgan fingerprint density at radius 1 is 1.50 bits per heavy atom. The minimum absolute atomic E-state index is 0.406. The molecular formula is C11H21N3OS. The van der Waals surface area contributed by atoms with Crippen molar-refractivity contribution in [3.05, 3.63) is 0 Å². The molecule has 0 aromatic carbocycles. The summed E-state index contributed by atoms with van der Waals surface area (Å²) >= 11 is 1.35. The van der Waals surface area contributed by atoms with Gasteiger partial charge in [0.1, 0.15) is 0 Å². The van der Waals surface area contributed by atoms with Gasteiger partial charge in [-0.15, -0.1) is 0 Å². The smallest absolute Gasteiger partial charge is 0.197 e. The molecule has 0 spiro atoms. The number of methoxy groups -OCH3 is 1. The Morgan fingerprint density at radius 2 is 2.19 bits per heavy atom. The van der Waals surface area contributed by atoms with E-state index in [0.717, 1.165) is 17.3 Å². The zero-order valence-corrected chi connectivity index (χ0v) is 11.2. The minimum atomic E-state index is 0.406. The molecule has 1 heterocycles. The number of nitrogens with one attached hydrogen (secondary N) is 1. The van der Waals surface area contributed by atoms with E-state index in [1.807, 2.05) is 0 Å². The number of ether oxygens (including phenoxy) is 1. The molecule has 4 nitrogen and oxygen atoms in total. The molecule has 3 N–H and O–H groups in total. The summed E-state index contributed by atoms with van der Waals surface area (Å²) in [6.45, 7) is 6.64. The van der Waals surface area contributed by atoms with Crippen molar-refractivity contribution in [1.82, 2.24) is 4.37 Å². The van der Waals surface area contributed by atoms with Gasteiger partial charge in [-0.05, 0) is 30.8 Å². The average Bonchev–Trinajstić information content (AvgIpc) is 2.58. The number of hydrogen-bond donors (Lipinski definition) is 2. The molecule has 0 radical (unpaired) electrons. The molecule has 16 heavy (non-hydrogen) atoms. The van der Waals surface area contributed by atoms with Gasteiger partial charge >= 0.3 is 0 Å². The number of aromatic nitrogens is 1. The number of nitrogen functional groups attached to an aromatic ring is 1. The van der Waals surface area contributed by atoms with E-state index in [2.05, 4.69) is 30.5 Å². The topological polar surface area (TPSA) is 60.2 Å². The zero-order chi connectivity index (χ0) is 12.1. The predicted octanol–water partition coefficient (Wildman–Crippen LogP) is 2.97. The highest BCUT2D eigenvalue weighted by Crippen LogP contribution is 2.35. The Bertz CT molecular complexity index is 327. The Morgan fingerprint density at radius 3 is 2.75 bits per heavy atom. The third-order valence-corrected chi connectivity index (χ3v) is 3.48. The summed E-state index contributed by atoms with van der Waals surface area (Å²) in [5, 5.41) is 4.33. The summed E-state index contributed by atoms with van der Waals surface area (Å²) in [5.41, 5.74) is 5.69. The van der Waals surface area contributed by atoms with E-state index in [1.165, 1.54) is 18.0 Å². The number of rotatable bonds is 6. The van der Waals surface area contributed by atoms with Gasteiger partial charge in [0.2, 0.25) is 0 Å². The van der Waals surface area contributed by atoms with Crippen molar-refractivity contribution in [1.29, 1.82) is 0 Å². The van der Waals surface area contributed by atoms with Crippen LogP contribution < -0.4 is 15.8 Å². The standard InChI is InChI=1S/C11H21N3OS/c1-5-7(2)6-8(3)13-11-9(15-4)10(12)14-16-11/h7-8,13H,5-6H2,1-4H3,(H2,12,14). The zero-order valence-electron chi connectivity index (χ0n) is 10.4. The van der Waals surface area contributed by atoms with Crippen molar-refractivity contribution < 1.29 is 4.74 Å².